The van der Waals surface area contributed by atoms with Crippen LogP contribution in [-0.2, 0) is 28.5 Å². The lowest BCUT2D eigenvalue weighted by molar-refractivity contribution is -0.138. The molecule has 2 atom stereocenters. The van der Waals surface area contributed by atoms with E-state index < -0.39 is 11.8 Å². The second-order valence-corrected chi connectivity index (χ2v) is 8.08. The summed E-state index contributed by atoms with van der Waals surface area (Å²) in [6.45, 7) is 3.73. The summed E-state index contributed by atoms with van der Waals surface area (Å²) in [5, 5.41) is 0. The topological polar surface area (TPSA) is 89.5 Å². The van der Waals surface area contributed by atoms with E-state index in [9.17, 15) is 9.59 Å². The molecule has 0 saturated carbocycles. The summed E-state index contributed by atoms with van der Waals surface area (Å²) >= 11 is 0. The Kier molecular flexibility index (Phi) is 8.29. The minimum atomic E-state index is -0.615. The summed E-state index contributed by atoms with van der Waals surface area (Å²) in [4.78, 5) is 25.8. The van der Waals surface area contributed by atoms with E-state index in [0.717, 1.165) is 22.3 Å². The van der Waals surface area contributed by atoms with Gasteiger partial charge in [0.05, 0.1) is 51.5 Å². The van der Waals surface area contributed by atoms with Crippen molar-refractivity contribution in [3.05, 3.63) is 58.7 Å². The maximum Gasteiger partial charge on any atom is 0.211 e. The van der Waals surface area contributed by atoms with Crippen LogP contribution in [0, 0.1) is 0 Å². The zero-order valence-corrected chi connectivity index (χ0v) is 19.5. The Morgan fingerprint density at radius 1 is 0.559 bits per heavy atom. The Labute approximate surface area is 199 Å². The predicted molar refractivity (Wildman–Crippen MR) is 123 cm³/mol. The van der Waals surface area contributed by atoms with E-state index in [1.807, 2.05) is 36.4 Å². The quantitative estimate of drug-likeness (QED) is 0.307. The number of rotatable bonds is 14. The molecule has 0 saturated heterocycles. The molecule has 182 valence electrons. The highest BCUT2D eigenvalue weighted by Crippen LogP contribution is 2.51. The first-order chi connectivity index (χ1) is 16.7. The monoisotopic (exact) mass is 470 g/mol. The fourth-order valence-corrected chi connectivity index (χ4v) is 4.42. The summed E-state index contributed by atoms with van der Waals surface area (Å²) in [7, 11) is 3.25. The number of carbonyl (C=O) groups excluding carboxylic acids is 2. The van der Waals surface area contributed by atoms with Gasteiger partial charge in [0, 0.05) is 14.2 Å². The lowest BCUT2D eigenvalue weighted by Gasteiger charge is -2.38. The zero-order valence-electron chi connectivity index (χ0n) is 19.5. The molecule has 5 rings (SSSR count). The Balaban J connectivity index is 1.46. The van der Waals surface area contributed by atoms with Crippen LogP contribution < -0.4 is 9.47 Å². The summed E-state index contributed by atoms with van der Waals surface area (Å²) in [5.74, 6) is -0.671. The zero-order chi connectivity index (χ0) is 23.9. The van der Waals surface area contributed by atoms with Crippen molar-refractivity contribution in [2.75, 3.05) is 67.1 Å². The maximum atomic E-state index is 12.9. The van der Waals surface area contributed by atoms with Gasteiger partial charge in [0.25, 0.3) is 0 Å². The molecule has 0 amide bonds. The third kappa shape index (κ3) is 5.15. The van der Waals surface area contributed by atoms with E-state index in [0.29, 0.717) is 64.4 Å². The van der Waals surface area contributed by atoms with Crippen LogP contribution in [0.5, 0.6) is 11.5 Å². The second kappa shape index (κ2) is 11.6. The van der Waals surface area contributed by atoms with Crippen LogP contribution in [0.2, 0.25) is 0 Å². The minimum Gasteiger partial charge on any atom is -0.491 e. The number of Topliss-reactive ketones (excluding diaryl/α,β-unsaturated/α-hetero) is 2. The molecule has 0 fully saturated rings. The molecule has 0 radical (unpaired) electrons. The molecule has 2 aromatic rings. The fraction of sp³-hybridized carbons (Fsp3) is 0.462. The first kappa shape index (κ1) is 24.3. The van der Waals surface area contributed by atoms with Gasteiger partial charge in [0.15, 0.2) is 0 Å². The molecule has 0 aromatic heterocycles. The van der Waals surface area contributed by atoms with Gasteiger partial charge in [-0.05, 0) is 46.5 Å². The summed E-state index contributed by atoms with van der Waals surface area (Å²) < 4.78 is 32.4. The highest BCUT2D eigenvalue weighted by molar-refractivity contribution is 6.45. The van der Waals surface area contributed by atoms with Crippen molar-refractivity contribution in [1.82, 2.24) is 0 Å². The smallest absolute Gasteiger partial charge is 0.211 e. The standard InChI is InChI=1S/C26H30O8/c1-29-7-9-31-11-13-33-17-3-5-19-21(15-17)23-20-6-4-18(34-14-12-32-10-8-30-2)16-22(20)24(19)26(28)25(23)27/h3-6,15-16,23-24H,7-14H2,1-2H3. The molecule has 8 heteroatoms. The molecule has 0 heterocycles. The Morgan fingerprint density at radius 2 is 0.971 bits per heavy atom. The number of ether oxygens (including phenoxy) is 6. The molecule has 3 aliphatic carbocycles. The van der Waals surface area contributed by atoms with Gasteiger partial charge >= 0.3 is 0 Å². The maximum absolute atomic E-state index is 12.9. The Morgan fingerprint density at radius 3 is 1.38 bits per heavy atom. The van der Waals surface area contributed by atoms with Gasteiger partial charge in [-0.1, -0.05) is 12.1 Å². The van der Waals surface area contributed by atoms with E-state index >= 15 is 0 Å². The van der Waals surface area contributed by atoms with Gasteiger partial charge in [0.2, 0.25) is 11.6 Å². The van der Waals surface area contributed by atoms with Crippen LogP contribution >= 0.6 is 0 Å². The van der Waals surface area contributed by atoms with E-state index in [1.54, 1.807) is 14.2 Å². The lowest BCUT2D eigenvalue weighted by atomic mass is 9.62. The predicted octanol–water partition coefficient (Wildman–Crippen LogP) is 2.50. The van der Waals surface area contributed by atoms with E-state index in [1.165, 1.54) is 0 Å². The van der Waals surface area contributed by atoms with Crippen LogP contribution in [0.1, 0.15) is 34.1 Å². The molecular weight excluding hydrogens is 440 g/mol. The van der Waals surface area contributed by atoms with Crippen molar-refractivity contribution < 1.29 is 38.0 Å². The minimum absolute atomic E-state index is 0.370. The van der Waals surface area contributed by atoms with Crippen molar-refractivity contribution in [2.45, 2.75) is 11.8 Å². The molecule has 0 N–H and O–H groups in total. The normalized spacial score (nSPS) is 18.1. The van der Waals surface area contributed by atoms with Crippen molar-refractivity contribution in [3.63, 3.8) is 0 Å². The van der Waals surface area contributed by atoms with Gasteiger partial charge in [-0.2, -0.15) is 0 Å². The second-order valence-electron chi connectivity index (χ2n) is 8.08. The summed E-state index contributed by atoms with van der Waals surface area (Å²) in [5.41, 5.74) is 3.37. The van der Waals surface area contributed by atoms with Gasteiger partial charge in [0.1, 0.15) is 24.7 Å². The van der Waals surface area contributed by atoms with Gasteiger partial charge in [-0.25, -0.2) is 0 Å². The molecule has 34 heavy (non-hydrogen) atoms. The third-order valence-electron chi connectivity index (χ3n) is 5.98. The van der Waals surface area contributed by atoms with Crippen molar-refractivity contribution in [1.29, 1.82) is 0 Å². The van der Waals surface area contributed by atoms with Crippen LogP contribution in [0.3, 0.4) is 0 Å². The Bertz CT molecular complexity index is 936. The number of hydrogen-bond donors (Lipinski definition) is 0. The van der Waals surface area contributed by atoms with E-state index in [-0.39, 0.29) is 11.6 Å². The first-order valence-electron chi connectivity index (χ1n) is 11.4. The number of hydrogen-bond acceptors (Lipinski definition) is 8. The molecule has 2 aromatic carbocycles. The van der Waals surface area contributed by atoms with E-state index in [2.05, 4.69) is 0 Å². The highest BCUT2D eigenvalue weighted by atomic mass is 16.5. The molecule has 2 bridgehead atoms. The molecule has 2 unspecified atom stereocenters. The van der Waals surface area contributed by atoms with Crippen LogP contribution in [-0.4, -0.2) is 78.6 Å². The van der Waals surface area contributed by atoms with Gasteiger partial charge < -0.3 is 28.4 Å². The summed E-state index contributed by atoms with van der Waals surface area (Å²) in [6, 6.07) is 11.2. The molecular formula is C26H30O8. The van der Waals surface area contributed by atoms with Crippen LogP contribution in [0.25, 0.3) is 0 Å². The van der Waals surface area contributed by atoms with Gasteiger partial charge in [-0.15, -0.1) is 0 Å². The van der Waals surface area contributed by atoms with Crippen molar-refractivity contribution in [3.8, 4) is 11.5 Å². The SMILES string of the molecule is COCCOCCOc1ccc2c(c1)C1C(=O)C(=O)C2c2cc(OCCOCCOC)ccc21. The van der Waals surface area contributed by atoms with Crippen LogP contribution in [0.15, 0.2) is 36.4 Å². The van der Waals surface area contributed by atoms with Crippen LogP contribution in [0.4, 0.5) is 0 Å². The van der Waals surface area contributed by atoms with Crippen molar-refractivity contribution in [2.24, 2.45) is 0 Å². The number of fused-ring (bicyclic) bond motifs is 1. The number of methoxy groups -OCH3 is 2. The molecule has 3 aliphatic rings. The number of carbonyl (C=O) groups is 2. The number of benzene rings is 2. The number of ketones is 2. The average molecular weight is 471 g/mol. The average Bonchev–Trinajstić information content (AvgIpc) is 2.85. The Hall–Kier alpha value is -2.78. The molecule has 0 spiro atoms. The van der Waals surface area contributed by atoms with Crippen molar-refractivity contribution >= 4 is 11.6 Å². The van der Waals surface area contributed by atoms with Gasteiger partial charge in [-0.3, -0.25) is 9.59 Å². The third-order valence-corrected chi connectivity index (χ3v) is 5.98. The highest BCUT2D eigenvalue weighted by Gasteiger charge is 2.49. The molecule has 0 aliphatic heterocycles. The fourth-order valence-electron chi connectivity index (χ4n) is 4.42. The lowest BCUT2D eigenvalue weighted by Crippen LogP contribution is -2.40. The first-order valence-corrected chi connectivity index (χ1v) is 11.4. The van der Waals surface area contributed by atoms with E-state index in [4.69, 9.17) is 28.4 Å². The summed E-state index contributed by atoms with van der Waals surface area (Å²) in [6.07, 6.45) is 0. The molecule has 8 nitrogen and oxygen atoms in total. The largest absolute Gasteiger partial charge is 0.491 e.